The maximum atomic E-state index is 12.2. The van der Waals surface area contributed by atoms with Crippen molar-refractivity contribution in [3.63, 3.8) is 0 Å². The second kappa shape index (κ2) is 8.53. The number of benzene rings is 1. The van der Waals surface area contributed by atoms with Crippen LogP contribution in [-0.2, 0) is 11.2 Å². The first-order chi connectivity index (χ1) is 13.3. The third-order valence-electron chi connectivity index (χ3n) is 4.25. The Morgan fingerprint density at radius 2 is 1.96 bits per heavy atom. The van der Waals surface area contributed by atoms with Crippen LogP contribution in [0.25, 0.3) is 11.4 Å². The molecule has 2 heterocycles. The molecule has 0 aliphatic carbocycles. The Bertz CT molecular complexity index is 1010. The highest BCUT2D eigenvalue weighted by Gasteiger charge is 2.19. The third kappa shape index (κ3) is 4.58. The number of carbonyl (C=O) groups is 2. The van der Waals surface area contributed by atoms with Crippen LogP contribution in [0.15, 0.2) is 28.8 Å². The van der Waals surface area contributed by atoms with Gasteiger partial charge in [0.05, 0.1) is 5.56 Å². The van der Waals surface area contributed by atoms with Crippen molar-refractivity contribution < 1.29 is 14.1 Å². The van der Waals surface area contributed by atoms with Gasteiger partial charge in [-0.05, 0) is 50.1 Å². The van der Waals surface area contributed by atoms with Crippen LogP contribution in [0.5, 0.6) is 0 Å². The number of aryl methyl sites for hydroxylation is 2. The highest BCUT2D eigenvalue weighted by molar-refractivity contribution is 7.16. The Morgan fingerprint density at radius 3 is 2.64 bits per heavy atom. The fourth-order valence-corrected chi connectivity index (χ4v) is 3.88. The van der Waals surface area contributed by atoms with E-state index in [9.17, 15) is 9.59 Å². The minimum atomic E-state index is -0.544. The smallest absolute Gasteiger partial charge is 0.251 e. The number of carbonyl (C=O) groups excluding carboxylic acids is 2. The number of nitrogens with one attached hydrogen (secondary N) is 1. The average molecular weight is 419 g/mol. The summed E-state index contributed by atoms with van der Waals surface area (Å²) in [6, 6.07) is 7.13. The lowest BCUT2D eigenvalue weighted by molar-refractivity contribution is -0.116. The van der Waals surface area contributed by atoms with E-state index in [1.165, 1.54) is 11.3 Å². The lowest BCUT2D eigenvalue weighted by atomic mass is 10.1. The lowest BCUT2D eigenvalue weighted by Crippen LogP contribution is -2.17. The number of nitrogens with zero attached hydrogens (tertiary/aromatic N) is 2. The molecule has 0 aliphatic heterocycles. The first kappa shape index (κ1) is 20.0. The van der Waals surface area contributed by atoms with Gasteiger partial charge < -0.3 is 15.6 Å². The van der Waals surface area contributed by atoms with Crippen LogP contribution in [0.4, 0.5) is 5.00 Å². The minimum Gasteiger partial charge on any atom is -0.365 e. The van der Waals surface area contributed by atoms with Crippen LogP contribution < -0.4 is 11.1 Å². The standard InChI is InChI=1S/C19H19ClN4O3S/c1-10-11(2)28-19(16(10)17(21)26)22-14(25)4-3-5-15-23-18(24-27-15)12-6-8-13(20)9-7-12/h6-9H,3-5H2,1-2H3,(H2,21,26)(H,22,25). The van der Waals surface area contributed by atoms with Crippen LogP contribution in [0, 0.1) is 13.8 Å². The monoisotopic (exact) mass is 418 g/mol. The number of anilines is 1. The van der Waals surface area contributed by atoms with Crippen molar-refractivity contribution in [3.05, 3.63) is 51.2 Å². The predicted octanol–water partition coefficient (Wildman–Crippen LogP) is 4.13. The molecule has 0 saturated carbocycles. The quantitative estimate of drug-likeness (QED) is 0.599. The van der Waals surface area contributed by atoms with Crippen LogP contribution in [0.3, 0.4) is 0 Å². The van der Waals surface area contributed by atoms with Gasteiger partial charge in [-0.25, -0.2) is 0 Å². The predicted molar refractivity (Wildman–Crippen MR) is 109 cm³/mol. The highest BCUT2D eigenvalue weighted by Crippen LogP contribution is 2.32. The van der Waals surface area contributed by atoms with E-state index in [0.717, 1.165) is 16.0 Å². The zero-order valence-corrected chi connectivity index (χ0v) is 17.0. The normalized spacial score (nSPS) is 10.8. The van der Waals surface area contributed by atoms with Gasteiger partial charge in [-0.1, -0.05) is 16.8 Å². The van der Waals surface area contributed by atoms with E-state index in [1.54, 1.807) is 12.1 Å². The van der Waals surface area contributed by atoms with E-state index in [2.05, 4.69) is 15.5 Å². The summed E-state index contributed by atoms with van der Waals surface area (Å²) in [6.07, 6.45) is 1.26. The van der Waals surface area contributed by atoms with E-state index in [1.807, 2.05) is 26.0 Å². The Hall–Kier alpha value is -2.71. The SMILES string of the molecule is Cc1sc(NC(=O)CCCc2nc(-c3ccc(Cl)cc3)no2)c(C(N)=O)c1C. The summed E-state index contributed by atoms with van der Waals surface area (Å²) in [5, 5.41) is 7.85. The zero-order valence-electron chi connectivity index (χ0n) is 15.4. The molecule has 3 aromatic rings. The van der Waals surface area contributed by atoms with Gasteiger partial charge in [0.2, 0.25) is 17.6 Å². The first-order valence-corrected chi connectivity index (χ1v) is 9.82. The van der Waals surface area contributed by atoms with Crippen molar-refractivity contribution in [2.75, 3.05) is 5.32 Å². The van der Waals surface area contributed by atoms with Gasteiger partial charge in [-0.3, -0.25) is 9.59 Å². The van der Waals surface area contributed by atoms with E-state index >= 15 is 0 Å². The number of aromatic nitrogens is 2. The largest absolute Gasteiger partial charge is 0.365 e. The molecule has 3 rings (SSSR count). The lowest BCUT2D eigenvalue weighted by Gasteiger charge is -2.04. The van der Waals surface area contributed by atoms with Crippen molar-refractivity contribution in [2.45, 2.75) is 33.1 Å². The summed E-state index contributed by atoms with van der Waals surface area (Å²) in [4.78, 5) is 29.1. The molecule has 3 N–H and O–H groups in total. The fraction of sp³-hybridized carbons (Fsp3) is 0.263. The van der Waals surface area contributed by atoms with Crippen molar-refractivity contribution in [1.82, 2.24) is 10.1 Å². The van der Waals surface area contributed by atoms with E-state index in [0.29, 0.717) is 40.1 Å². The molecule has 2 aromatic heterocycles. The molecule has 1 aromatic carbocycles. The van der Waals surface area contributed by atoms with Crippen molar-refractivity contribution >= 4 is 39.8 Å². The average Bonchev–Trinajstić information content (AvgIpc) is 3.20. The van der Waals surface area contributed by atoms with Gasteiger partial charge in [0.1, 0.15) is 5.00 Å². The van der Waals surface area contributed by atoms with Crippen LogP contribution in [0.1, 0.15) is 39.5 Å². The molecular formula is C19H19ClN4O3S. The summed E-state index contributed by atoms with van der Waals surface area (Å²) in [7, 11) is 0. The molecule has 0 atom stereocenters. The molecule has 0 bridgehead atoms. The molecule has 0 aliphatic rings. The van der Waals surface area contributed by atoms with Gasteiger partial charge in [0, 0.05) is 28.3 Å². The maximum Gasteiger partial charge on any atom is 0.251 e. The van der Waals surface area contributed by atoms with E-state index < -0.39 is 5.91 Å². The number of thiophene rings is 1. The molecule has 0 radical (unpaired) electrons. The van der Waals surface area contributed by atoms with Crippen molar-refractivity contribution in [2.24, 2.45) is 5.73 Å². The molecule has 0 spiro atoms. The molecule has 0 fully saturated rings. The highest BCUT2D eigenvalue weighted by atomic mass is 35.5. The second-order valence-corrected chi connectivity index (χ2v) is 7.93. The number of amides is 2. The van der Waals surface area contributed by atoms with Gasteiger partial charge >= 0.3 is 0 Å². The summed E-state index contributed by atoms with van der Waals surface area (Å²) in [5.41, 5.74) is 7.40. The molecule has 2 amide bonds. The molecule has 9 heteroatoms. The summed E-state index contributed by atoms with van der Waals surface area (Å²) in [5.74, 6) is 0.198. The first-order valence-electron chi connectivity index (χ1n) is 8.63. The molecular weight excluding hydrogens is 400 g/mol. The number of nitrogens with two attached hydrogens (primary N) is 1. The van der Waals surface area contributed by atoms with Crippen molar-refractivity contribution in [1.29, 1.82) is 0 Å². The van der Waals surface area contributed by atoms with Crippen LogP contribution in [-0.4, -0.2) is 22.0 Å². The number of halogens is 1. The Labute approximate surface area is 170 Å². The van der Waals surface area contributed by atoms with Gasteiger partial charge in [-0.2, -0.15) is 4.98 Å². The number of hydrogen-bond donors (Lipinski definition) is 2. The number of primary amides is 1. The van der Waals surface area contributed by atoms with Crippen LogP contribution >= 0.6 is 22.9 Å². The van der Waals surface area contributed by atoms with E-state index in [-0.39, 0.29) is 12.3 Å². The molecule has 7 nitrogen and oxygen atoms in total. The van der Waals surface area contributed by atoms with Gasteiger partial charge in [-0.15, -0.1) is 11.3 Å². The second-order valence-electron chi connectivity index (χ2n) is 6.27. The number of rotatable bonds is 7. The number of hydrogen-bond acceptors (Lipinski definition) is 6. The summed E-state index contributed by atoms with van der Waals surface area (Å²) >= 11 is 7.22. The zero-order chi connectivity index (χ0) is 20.3. The van der Waals surface area contributed by atoms with Crippen molar-refractivity contribution in [3.8, 4) is 11.4 Å². The van der Waals surface area contributed by atoms with Gasteiger partial charge in [0.25, 0.3) is 5.91 Å². The molecule has 28 heavy (non-hydrogen) atoms. The summed E-state index contributed by atoms with van der Waals surface area (Å²) in [6.45, 7) is 3.70. The Morgan fingerprint density at radius 1 is 1.25 bits per heavy atom. The molecule has 0 saturated heterocycles. The fourth-order valence-electron chi connectivity index (χ4n) is 2.67. The van der Waals surface area contributed by atoms with E-state index in [4.69, 9.17) is 21.9 Å². The summed E-state index contributed by atoms with van der Waals surface area (Å²) < 4.78 is 5.23. The Balaban J connectivity index is 1.54. The minimum absolute atomic E-state index is 0.193. The third-order valence-corrected chi connectivity index (χ3v) is 5.62. The topological polar surface area (TPSA) is 111 Å². The van der Waals surface area contributed by atoms with Gasteiger partial charge in [0.15, 0.2) is 0 Å². The Kier molecular flexibility index (Phi) is 6.11. The maximum absolute atomic E-state index is 12.2. The molecule has 0 unspecified atom stereocenters. The van der Waals surface area contributed by atoms with Crippen LogP contribution in [0.2, 0.25) is 5.02 Å². The molecule has 146 valence electrons.